The molecule has 0 aliphatic carbocycles. The van der Waals surface area contributed by atoms with Crippen molar-refractivity contribution in [1.82, 2.24) is 0 Å². The van der Waals surface area contributed by atoms with Crippen LogP contribution in [0.15, 0.2) is 18.2 Å². The Hall–Kier alpha value is -1.62. The van der Waals surface area contributed by atoms with Crippen LogP contribution in [0.4, 0.5) is 4.39 Å². The van der Waals surface area contributed by atoms with Crippen LogP contribution < -0.4 is 0 Å². The van der Waals surface area contributed by atoms with Crippen molar-refractivity contribution < 1.29 is 23.5 Å². The summed E-state index contributed by atoms with van der Waals surface area (Å²) < 4.78 is 23.8. The normalized spacial score (nSPS) is 11.1. The lowest BCUT2D eigenvalue weighted by molar-refractivity contribution is -0.170. The van der Waals surface area contributed by atoms with Crippen molar-refractivity contribution in [1.29, 1.82) is 0 Å². The maximum absolute atomic E-state index is 14.0. The summed E-state index contributed by atoms with van der Waals surface area (Å²) in [5.41, 5.74) is -1.46. The van der Waals surface area contributed by atoms with E-state index in [2.05, 4.69) is 0 Å². The molecule has 0 N–H and O–H groups in total. The molecular weight excluding hydrogens is 299 g/mol. The Morgan fingerprint density at radius 2 is 1.71 bits per heavy atom. The number of carbonyl (C=O) groups excluding carboxylic acids is 2. The van der Waals surface area contributed by atoms with E-state index in [4.69, 9.17) is 21.1 Å². The zero-order chi connectivity index (χ0) is 16.0. The lowest BCUT2D eigenvalue weighted by Crippen LogP contribution is -2.41. The van der Waals surface area contributed by atoms with Gasteiger partial charge in [-0.2, -0.15) is 0 Å². The van der Waals surface area contributed by atoms with Gasteiger partial charge < -0.3 is 9.47 Å². The van der Waals surface area contributed by atoms with Gasteiger partial charge in [0.15, 0.2) is 5.41 Å². The van der Waals surface area contributed by atoms with Crippen LogP contribution in [0.5, 0.6) is 0 Å². The summed E-state index contributed by atoms with van der Waals surface area (Å²) in [7, 11) is 0. The lowest BCUT2D eigenvalue weighted by Gasteiger charge is -2.25. The van der Waals surface area contributed by atoms with Gasteiger partial charge in [-0.25, -0.2) is 4.39 Å². The van der Waals surface area contributed by atoms with Gasteiger partial charge in [0.1, 0.15) is 5.82 Å². The summed E-state index contributed by atoms with van der Waals surface area (Å²) in [5.74, 6) is -2.15. The number of ether oxygens (including phenoxy) is 2. The summed E-state index contributed by atoms with van der Waals surface area (Å²) in [5, 5.41) is -0.0671. The second kappa shape index (κ2) is 7.41. The maximum atomic E-state index is 14.0. The molecule has 0 aliphatic rings. The molecule has 1 aromatic carbocycles. The molecule has 0 atom stereocenters. The summed E-state index contributed by atoms with van der Waals surface area (Å²) in [6.45, 7) is 4.87. The number of esters is 2. The molecule has 6 heteroatoms. The first-order valence-corrected chi connectivity index (χ1v) is 7.02. The second-order valence-electron chi connectivity index (χ2n) is 4.66. The maximum Gasteiger partial charge on any atom is 0.323 e. The van der Waals surface area contributed by atoms with E-state index in [0.717, 1.165) is 0 Å². The molecule has 0 unspecified atom stereocenters. The summed E-state index contributed by atoms with van der Waals surface area (Å²) in [6, 6.07) is 4.42. The number of benzene rings is 1. The molecule has 1 rings (SSSR count). The van der Waals surface area contributed by atoms with E-state index >= 15 is 0 Å². The minimum atomic E-state index is -1.61. The van der Waals surface area contributed by atoms with Crippen LogP contribution >= 0.6 is 11.6 Å². The fraction of sp³-hybridized carbons (Fsp3) is 0.467. The zero-order valence-corrected chi connectivity index (χ0v) is 13.0. The molecule has 1 aromatic rings. The monoisotopic (exact) mass is 316 g/mol. The predicted molar refractivity (Wildman–Crippen MR) is 76.5 cm³/mol. The van der Waals surface area contributed by atoms with E-state index in [1.54, 1.807) is 19.9 Å². The highest BCUT2D eigenvalue weighted by atomic mass is 35.5. The molecule has 0 aliphatic heterocycles. The number of carbonyl (C=O) groups is 2. The van der Waals surface area contributed by atoms with Crippen molar-refractivity contribution in [2.45, 2.75) is 27.2 Å². The minimum absolute atomic E-state index is 0.0671. The van der Waals surface area contributed by atoms with Crippen LogP contribution in [0.2, 0.25) is 5.02 Å². The smallest absolute Gasteiger partial charge is 0.323 e. The highest BCUT2D eigenvalue weighted by Gasteiger charge is 2.45. The highest BCUT2D eigenvalue weighted by Crippen LogP contribution is 2.29. The van der Waals surface area contributed by atoms with E-state index in [1.807, 2.05) is 0 Å². The van der Waals surface area contributed by atoms with Crippen molar-refractivity contribution in [3.05, 3.63) is 34.6 Å². The Labute approximate surface area is 128 Å². The van der Waals surface area contributed by atoms with E-state index in [1.165, 1.54) is 19.1 Å². The Balaban J connectivity index is 3.16. The van der Waals surface area contributed by atoms with Gasteiger partial charge in [0.05, 0.1) is 18.2 Å². The molecule has 0 aromatic heterocycles. The molecule has 4 nitrogen and oxygen atoms in total. The summed E-state index contributed by atoms with van der Waals surface area (Å²) >= 11 is 5.72. The van der Waals surface area contributed by atoms with Crippen molar-refractivity contribution in [3.8, 4) is 0 Å². The van der Waals surface area contributed by atoms with Crippen LogP contribution in [0.3, 0.4) is 0 Å². The van der Waals surface area contributed by atoms with Crippen LogP contribution in [0.25, 0.3) is 0 Å². The van der Waals surface area contributed by atoms with Crippen LogP contribution in [0, 0.1) is 11.2 Å². The minimum Gasteiger partial charge on any atom is -0.465 e. The number of hydrogen-bond donors (Lipinski definition) is 0. The van der Waals surface area contributed by atoms with E-state index < -0.39 is 23.2 Å². The standard InChI is InChI=1S/C15H18ClFO4/c1-4-20-13(18)15(3,14(19)21-5-2)9-10-7-6-8-11(16)12(10)17/h6-8H,4-5,9H2,1-3H3. The van der Waals surface area contributed by atoms with Gasteiger partial charge in [-0.3, -0.25) is 9.59 Å². The fourth-order valence-electron chi connectivity index (χ4n) is 1.87. The molecule has 0 radical (unpaired) electrons. The quantitative estimate of drug-likeness (QED) is 0.597. The SMILES string of the molecule is CCOC(=O)C(C)(Cc1cccc(Cl)c1F)C(=O)OCC. The van der Waals surface area contributed by atoms with Crippen molar-refractivity contribution in [2.75, 3.05) is 13.2 Å². The summed E-state index contributed by atoms with van der Waals surface area (Å²) in [4.78, 5) is 24.2. The van der Waals surface area contributed by atoms with Gasteiger partial charge in [-0.05, 0) is 32.4 Å². The Kier molecular flexibility index (Phi) is 6.15. The van der Waals surface area contributed by atoms with Gasteiger partial charge in [-0.15, -0.1) is 0 Å². The largest absolute Gasteiger partial charge is 0.465 e. The van der Waals surface area contributed by atoms with Gasteiger partial charge in [-0.1, -0.05) is 23.7 Å². The molecule has 0 bridgehead atoms. The Morgan fingerprint density at radius 3 is 2.19 bits per heavy atom. The number of rotatable bonds is 6. The third kappa shape index (κ3) is 3.94. The first-order valence-electron chi connectivity index (χ1n) is 6.64. The fourth-order valence-corrected chi connectivity index (χ4v) is 2.07. The molecule has 21 heavy (non-hydrogen) atoms. The molecule has 116 valence electrons. The van der Waals surface area contributed by atoms with Gasteiger partial charge in [0.25, 0.3) is 0 Å². The van der Waals surface area contributed by atoms with Crippen molar-refractivity contribution >= 4 is 23.5 Å². The van der Waals surface area contributed by atoms with E-state index in [-0.39, 0.29) is 30.2 Å². The molecule has 0 fully saturated rings. The molecule has 0 amide bonds. The average Bonchev–Trinajstić information content (AvgIpc) is 2.44. The predicted octanol–water partition coefficient (Wildman–Crippen LogP) is 3.15. The molecule has 0 saturated carbocycles. The van der Waals surface area contributed by atoms with E-state index in [9.17, 15) is 14.0 Å². The Morgan fingerprint density at radius 1 is 1.19 bits per heavy atom. The zero-order valence-electron chi connectivity index (χ0n) is 12.2. The first kappa shape index (κ1) is 17.4. The van der Waals surface area contributed by atoms with Gasteiger partial charge in [0.2, 0.25) is 0 Å². The van der Waals surface area contributed by atoms with Crippen molar-refractivity contribution in [3.63, 3.8) is 0 Å². The number of hydrogen-bond acceptors (Lipinski definition) is 4. The highest BCUT2D eigenvalue weighted by molar-refractivity contribution is 6.30. The van der Waals surface area contributed by atoms with Gasteiger partial charge >= 0.3 is 11.9 Å². The molecule has 0 saturated heterocycles. The van der Waals surface area contributed by atoms with Gasteiger partial charge in [0, 0.05) is 6.42 Å². The molecule has 0 heterocycles. The van der Waals surface area contributed by atoms with Crippen molar-refractivity contribution in [2.24, 2.45) is 5.41 Å². The van der Waals surface area contributed by atoms with Crippen LogP contribution in [0.1, 0.15) is 26.3 Å². The average molecular weight is 317 g/mol. The molecule has 0 spiro atoms. The number of halogens is 2. The second-order valence-corrected chi connectivity index (χ2v) is 5.07. The van der Waals surface area contributed by atoms with Crippen LogP contribution in [-0.4, -0.2) is 25.2 Å². The summed E-state index contributed by atoms with van der Waals surface area (Å²) in [6.07, 6.45) is -0.183. The third-order valence-electron chi connectivity index (χ3n) is 3.03. The topological polar surface area (TPSA) is 52.6 Å². The van der Waals surface area contributed by atoms with Crippen LogP contribution in [-0.2, 0) is 25.5 Å². The first-order chi connectivity index (χ1) is 9.86. The lowest BCUT2D eigenvalue weighted by atomic mass is 9.83. The van der Waals surface area contributed by atoms with E-state index in [0.29, 0.717) is 0 Å². The molecular formula is C15H18ClFO4. The Bertz CT molecular complexity index is 512. The third-order valence-corrected chi connectivity index (χ3v) is 3.32.